The van der Waals surface area contributed by atoms with E-state index in [0.717, 1.165) is 22.5 Å². The first-order valence-electron chi connectivity index (χ1n) is 7.49. The van der Waals surface area contributed by atoms with E-state index in [1.54, 1.807) is 4.90 Å². The molecule has 0 saturated carbocycles. The molecule has 0 bridgehead atoms. The van der Waals surface area contributed by atoms with E-state index in [1.807, 2.05) is 67.6 Å². The van der Waals surface area contributed by atoms with Crippen molar-refractivity contribution in [1.29, 1.82) is 0 Å². The van der Waals surface area contributed by atoms with Crippen molar-refractivity contribution in [3.63, 3.8) is 0 Å². The van der Waals surface area contributed by atoms with Crippen LogP contribution in [0.3, 0.4) is 0 Å². The SMILES string of the molecule is CC1=C(C(O)c2ccccc2)CCC(=O)N1c1ccccc1. The van der Waals surface area contributed by atoms with E-state index in [4.69, 9.17) is 0 Å². The molecule has 3 heteroatoms. The van der Waals surface area contributed by atoms with Gasteiger partial charge in [0.15, 0.2) is 0 Å². The molecule has 3 nitrogen and oxygen atoms in total. The second kappa shape index (κ2) is 6.16. The summed E-state index contributed by atoms with van der Waals surface area (Å²) >= 11 is 0. The number of hydrogen-bond donors (Lipinski definition) is 1. The van der Waals surface area contributed by atoms with E-state index in [0.29, 0.717) is 12.8 Å². The molecular formula is C19H19NO2. The van der Waals surface area contributed by atoms with Gasteiger partial charge in [-0.2, -0.15) is 0 Å². The van der Waals surface area contributed by atoms with Gasteiger partial charge in [0.1, 0.15) is 6.10 Å². The molecule has 2 aromatic rings. The smallest absolute Gasteiger partial charge is 0.231 e. The lowest BCUT2D eigenvalue weighted by atomic mass is 9.92. The number of carbonyl (C=O) groups excluding carboxylic acids is 1. The van der Waals surface area contributed by atoms with Crippen molar-refractivity contribution in [2.24, 2.45) is 0 Å². The van der Waals surface area contributed by atoms with Gasteiger partial charge in [-0.25, -0.2) is 0 Å². The highest BCUT2D eigenvalue weighted by molar-refractivity contribution is 5.97. The topological polar surface area (TPSA) is 40.5 Å². The van der Waals surface area contributed by atoms with Gasteiger partial charge in [-0.05, 0) is 36.6 Å². The Balaban J connectivity index is 2.00. The molecule has 112 valence electrons. The van der Waals surface area contributed by atoms with Crippen LogP contribution in [0.5, 0.6) is 0 Å². The van der Waals surface area contributed by atoms with Crippen LogP contribution >= 0.6 is 0 Å². The molecule has 2 aromatic carbocycles. The van der Waals surface area contributed by atoms with E-state index >= 15 is 0 Å². The number of hydrogen-bond acceptors (Lipinski definition) is 2. The molecule has 0 radical (unpaired) electrons. The predicted molar refractivity (Wildman–Crippen MR) is 87.3 cm³/mol. The Bertz CT molecular complexity index is 692. The fourth-order valence-corrected chi connectivity index (χ4v) is 2.95. The van der Waals surface area contributed by atoms with Gasteiger partial charge in [0.2, 0.25) is 5.91 Å². The fraction of sp³-hybridized carbons (Fsp3) is 0.211. The van der Waals surface area contributed by atoms with Crippen molar-refractivity contribution in [3.8, 4) is 0 Å². The number of allylic oxidation sites excluding steroid dienone is 1. The summed E-state index contributed by atoms with van der Waals surface area (Å²) in [5, 5.41) is 10.7. The zero-order chi connectivity index (χ0) is 15.5. The highest BCUT2D eigenvalue weighted by atomic mass is 16.3. The number of anilines is 1. The molecule has 1 amide bonds. The first kappa shape index (κ1) is 14.5. The summed E-state index contributed by atoms with van der Waals surface area (Å²) in [6, 6.07) is 19.2. The lowest BCUT2D eigenvalue weighted by Crippen LogP contribution is -2.34. The summed E-state index contributed by atoms with van der Waals surface area (Å²) < 4.78 is 0. The molecule has 3 rings (SSSR count). The van der Waals surface area contributed by atoms with Gasteiger partial charge in [0.25, 0.3) is 0 Å². The summed E-state index contributed by atoms with van der Waals surface area (Å²) in [5.74, 6) is 0.0766. The minimum atomic E-state index is -0.666. The van der Waals surface area contributed by atoms with E-state index in [9.17, 15) is 9.90 Å². The number of amides is 1. The van der Waals surface area contributed by atoms with Crippen molar-refractivity contribution >= 4 is 11.6 Å². The van der Waals surface area contributed by atoms with E-state index < -0.39 is 6.10 Å². The molecule has 0 saturated heterocycles. The van der Waals surface area contributed by atoms with Crippen molar-refractivity contribution in [3.05, 3.63) is 77.5 Å². The number of aliphatic hydroxyl groups excluding tert-OH is 1. The highest BCUT2D eigenvalue weighted by Gasteiger charge is 2.28. The van der Waals surface area contributed by atoms with Crippen LogP contribution < -0.4 is 4.90 Å². The monoisotopic (exact) mass is 293 g/mol. The maximum atomic E-state index is 12.3. The molecule has 0 aliphatic carbocycles. The maximum Gasteiger partial charge on any atom is 0.231 e. The predicted octanol–water partition coefficient (Wildman–Crippen LogP) is 3.82. The van der Waals surface area contributed by atoms with Crippen LogP contribution in [0.1, 0.15) is 31.4 Å². The number of rotatable bonds is 3. The largest absolute Gasteiger partial charge is 0.384 e. The van der Waals surface area contributed by atoms with Crippen molar-refractivity contribution < 1.29 is 9.90 Å². The van der Waals surface area contributed by atoms with Gasteiger partial charge in [-0.3, -0.25) is 9.69 Å². The lowest BCUT2D eigenvalue weighted by molar-refractivity contribution is -0.118. The summed E-state index contributed by atoms with van der Waals surface area (Å²) in [6.07, 6.45) is 0.357. The van der Waals surface area contributed by atoms with E-state index in [2.05, 4.69) is 0 Å². The van der Waals surface area contributed by atoms with E-state index in [1.165, 1.54) is 0 Å². The van der Waals surface area contributed by atoms with Crippen LogP contribution in [0.15, 0.2) is 71.9 Å². The average Bonchev–Trinajstić information content (AvgIpc) is 2.56. The Hall–Kier alpha value is -2.39. The molecule has 1 atom stereocenters. The van der Waals surface area contributed by atoms with Crippen LogP contribution in [0, 0.1) is 0 Å². The molecule has 0 spiro atoms. The third-order valence-electron chi connectivity index (χ3n) is 4.12. The molecule has 1 aliphatic heterocycles. The summed E-state index contributed by atoms with van der Waals surface area (Å²) in [5.41, 5.74) is 3.45. The van der Waals surface area contributed by atoms with Gasteiger partial charge in [-0.1, -0.05) is 48.5 Å². The first-order chi connectivity index (χ1) is 10.7. The zero-order valence-corrected chi connectivity index (χ0v) is 12.6. The van der Waals surface area contributed by atoms with Gasteiger partial charge in [0.05, 0.1) is 0 Å². The Morgan fingerprint density at radius 1 is 0.955 bits per heavy atom. The first-order valence-corrected chi connectivity index (χ1v) is 7.49. The third-order valence-corrected chi connectivity index (χ3v) is 4.12. The zero-order valence-electron chi connectivity index (χ0n) is 12.6. The quantitative estimate of drug-likeness (QED) is 0.934. The number of aliphatic hydroxyl groups is 1. The Morgan fingerprint density at radius 3 is 2.18 bits per heavy atom. The molecule has 0 fully saturated rings. The molecular weight excluding hydrogens is 274 g/mol. The lowest BCUT2D eigenvalue weighted by Gasteiger charge is -2.32. The van der Waals surface area contributed by atoms with Crippen LogP contribution in [0.4, 0.5) is 5.69 Å². The maximum absolute atomic E-state index is 12.3. The third kappa shape index (κ3) is 2.68. The fourth-order valence-electron chi connectivity index (χ4n) is 2.95. The minimum Gasteiger partial charge on any atom is -0.384 e. The average molecular weight is 293 g/mol. The molecule has 1 unspecified atom stereocenters. The van der Waals surface area contributed by atoms with Gasteiger partial charge in [-0.15, -0.1) is 0 Å². The summed E-state index contributed by atoms with van der Waals surface area (Å²) in [6.45, 7) is 1.91. The van der Waals surface area contributed by atoms with Crippen molar-refractivity contribution in [2.45, 2.75) is 25.9 Å². The van der Waals surface area contributed by atoms with Crippen LogP contribution in [-0.4, -0.2) is 11.0 Å². The Kier molecular flexibility index (Phi) is 4.07. The van der Waals surface area contributed by atoms with E-state index in [-0.39, 0.29) is 5.91 Å². The minimum absolute atomic E-state index is 0.0766. The number of benzene rings is 2. The second-order valence-corrected chi connectivity index (χ2v) is 5.49. The van der Waals surface area contributed by atoms with Gasteiger partial charge < -0.3 is 5.11 Å². The standard InChI is InChI=1S/C19H19NO2/c1-14-17(19(22)15-8-4-2-5-9-15)12-13-18(21)20(14)16-10-6-3-7-11-16/h2-11,19,22H,12-13H2,1H3. The van der Waals surface area contributed by atoms with Crippen LogP contribution in [-0.2, 0) is 4.79 Å². The Labute approximate surface area is 130 Å². The number of nitrogens with zero attached hydrogens (tertiary/aromatic N) is 1. The molecule has 0 aromatic heterocycles. The molecule has 1 N–H and O–H groups in total. The Morgan fingerprint density at radius 2 is 1.55 bits per heavy atom. The van der Waals surface area contributed by atoms with Crippen molar-refractivity contribution in [2.75, 3.05) is 4.90 Å². The number of carbonyl (C=O) groups is 1. The second-order valence-electron chi connectivity index (χ2n) is 5.49. The molecule has 1 aliphatic rings. The number of para-hydroxylation sites is 1. The molecule has 22 heavy (non-hydrogen) atoms. The summed E-state index contributed by atoms with van der Waals surface area (Å²) in [4.78, 5) is 14.0. The summed E-state index contributed by atoms with van der Waals surface area (Å²) in [7, 11) is 0. The van der Waals surface area contributed by atoms with Gasteiger partial charge >= 0.3 is 0 Å². The normalized spacial score (nSPS) is 16.8. The highest BCUT2D eigenvalue weighted by Crippen LogP contribution is 2.35. The van der Waals surface area contributed by atoms with Crippen molar-refractivity contribution in [1.82, 2.24) is 0 Å². The van der Waals surface area contributed by atoms with Crippen LogP contribution in [0.2, 0.25) is 0 Å². The molecule has 1 heterocycles. The van der Waals surface area contributed by atoms with Gasteiger partial charge in [0, 0.05) is 17.8 Å². The van der Waals surface area contributed by atoms with Crippen LogP contribution in [0.25, 0.3) is 0 Å².